The van der Waals surface area contributed by atoms with Gasteiger partial charge in [-0.15, -0.1) is 10.2 Å². The van der Waals surface area contributed by atoms with E-state index >= 15 is 0 Å². The van der Waals surface area contributed by atoms with Gasteiger partial charge in [-0.25, -0.2) is 0 Å². The van der Waals surface area contributed by atoms with Crippen molar-refractivity contribution in [3.8, 4) is 29.0 Å². The molecule has 2 N–H and O–H groups in total. The zero-order valence-electron chi connectivity index (χ0n) is 11.7. The second-order valence-corrected chi connectivity index (χ2v) is 5.54. The highest BCUT2D eigenvalue weighted by atomic mass is 79.9. The zero-order chi connectivity index (χ0) is 16.4. The molecule has 0 aliphatic carbocycles. The second-order valence-electron chi connectivity index (χ2n) is 4.63. The van der Waals surface area contributed by atoms with Crippen LogP contribution in [0.2, 0.25) is 0 Å². The molecule has 3 aromatic rings. The van der Waals surface area contributed by atoms with Crippen LogP contribution < -0.4 is 5.73 Å². The lowest BCUT2D eigenvalue weighted by atomic mass is 10.0. The van der Waals surface area contributed by atoms with Gasteiger partial charge in [0, 0.05) is 10.0 Å². The predicted octanol–water partition coefficient (Wildman–Crippen LogP) is 3.14. The summed E-state index contributed by atoms with van der Waals surface area (Å²) in [4.78, 5) is 11.6. The van der Waals surface area contributed by atoms with E-state index in [1.807, 2.05) is 30.3 Å². The highest BCUT2D eigenvalue weighted by Gasteiger charge is 2.20. The maximum Gasteiger partial charge on any atom is 0.250 e. The maximum atomic E-state index is 11.6. The van der Waals surface area contributed by atoms with Crippen LogP contribution in [0.25, 0.3) is 22.9 Å². The minimum absolute atomic E-state index is 0.0749. The average Bonchev–Trinajstić information content (AvgIpc) is 3.03. The summed E-state index contributed by atoms with van der Waals surface area (Å²) in [5.41, 5.74) is 6.73. The SMILES string of the molecule is N#Cc1cccc(C(N)=O)c1-c1nnc(-c2cccc(Br)c2)o1. The molecule has 112 valence electrons. The Bertz CT molecular complexity index is 943. The molecule has 7 heteroatoms. The Hall–Kier alpha value is -2.98. The largest absolute Gasteiger partial charge is 0.416 e. The van der Waals surface area contributed by atoms with Crippen molar-refractivity contribution in [2.45, 2.75) is 0 Å². The first kappa shape index (κ1) is 14.9. The minimum atomic E-state index is -0.667. The van der Waals surface area contributed by atoms with Crippen molar-refractivity contribution in [2.24, 2.45) is 5.73 Å². The van der Waals surface area contributed by atoms with Crippen LogP contribution in [0.1, 0.15) is 15.9 Å². The van der Waals surface area contributed by atoms with Gasteiger partial charge in [-0.1, -0.05) is 28.1 Å². The van der Waals surface area contributed by atoms with E-state index in [2.05, 4.69) is 26.1 Å². The summed E-state index contributed by atoms with van der Waals surface area (Å²) in [6.45, 7) is 0. The molecule has 23 heavy (non-hydrogen) atoms. The van der Waals surface area contributed by atoms with Crippen molar-refractivity contribution in [1.29, 1.82) is 5.26 Å². The fraction of sp³-hybridized carbons (Fsp3) is 0. The molecule has 0 saturated heterocycles. The Kier molecular flexibility index (Phi) is 3.91. The topological polar surface area (TPSA) is 106 Å². The summed E-state index contributed by atoms with van der Waals surface area (Å²) in [6.07, 6.45) is 0. The van der Waals surface area contributed by atoms with Crippen LogP contribution >= 0.6 is 15.9 Å². The van der Waals surface area contributed by atoms with Crippen molar-refractivity contribution in [2.75, 3.05) is 0 Å². The number of halogens is 1. The molecule has 0 spiro atoms. The van der Waals surface area contributed by atoms with E-state index in [1.54, 1.807) is 12.1 Å². The molecule has 0 saturated carbocycles. The van der Waals surface area contributed by atoms with Gasteiger partial charge in [0.2, 0.25) is 17.7 Å². The van der Waals surface area contributed by atoms with E-state index in [0.29, 0.717) is 5.56 Å². The molecule has 1 amide bonds. The van der Waals surface area contributed by atoms with Crippen LogP contribution in [0, 0.1) is 11.3 Å². The molecule has 3 rings (SSSR count). The summed E-state index contributed by atoms with van der Waals surface area (Å²) in [7, 11) is 0. The highest BCUT2D eigenvalue weighted by Crippen LogP contribution is 2.29. The van der Waals surface area contributed by atoms with Gasteiger partial charge in [-0.3, -0.25) is 4.79 Å². The molecular formula is C16H9BrN4O2. The third-order valence-electron chi connectivity index (χ3n) is 3.16. The molecule has 0 aliphatic heterocycles. The first-order chi connectivity index (χ1) is 11.1. The number of aromatic nitrogens is 2. The Labute approximate surface area is 139 Å². The molecule has 1 aromatic heterocycles. The number of rotatable bonds is 3. The third-order valence-corrected chi connectivity index (χ3v) is 3.65. The fourth-order valence-electron chi connectivity index (χ4n) is 2.14. The molecular weight excluding hydrogens is 360 g/mol. The number of carbonyl (C=O) groups is 1. The van der Waals surface area contributed by atoms with Crippen molar-refractivity contribution < 1.29 is 9.21 Å². The van der Waals surface area contributed by atoms with Crippen molar-refractivity contribution >= 4 is 21.8 Å². The molecule has 0 aliphatic rings. The smallest absolute Gasteiger partial charge is 0.250 e. The minimum Gasteiger partial charge on any atom is -0.416 e. The van der Waals surface area contributed by atoms with Gasteiger partial charge in [0.25, 0.3) is 0 Å². The highest BCUT2D eigenvalue weighted by molar-refractivity contribution is 9.10. The quantitative estimate of drug-likeness (QED) is 0.764. The first-order valence-electron chi connectivity index (χ1n) is 6.53. The molecule has 6 nitrogen and oxygen atoms in total. The predicted molar refractivity (Wildman–Crippen MR) is 86.1 cm³/mol. The molecule has 2 aromatic carbocycles. The fourth-order valence-corrected chi connectivity index (χ4v) is 2.54. The molecule has 0 fully saturated rings. The van der Waals surface area contributed by atoms with Gasteiger partial charge in [0.15, 0.2) is 0 Å². The summed E-state index contributed by atoms with van der Waals surface area (Å²) in [6, 6.07) is 14.0. The lowest BCUT2D eigenvalue weighted by molar-refractivity contribution is 0.100. The third kappa shape index (κ3) is 2.84. The Morgan fingerprint density at radius 2 is 1.91 bits per heavy atom. The van der Waals surface area contributed by atoms with E-state index in [9.17, 15) is 10.1 Å². The average molecular weight is 369 g/mol. The monoisotopic (exact) mass is 368 g/mol. The molecule has 0 unspecified atom stereocenters. The first-order valence-corrected chi connectivity index (χ1v) is 7.32. The van der Waals surface area contributed by atoms with Gasteiger partial charge in [-0.2, -0.15) is 5.26 Å². The van der Waals surface area contributed by atoms with Gasteiger partial charge in [-0.05, 0) is 30.3 Å². The molecule has 0 radical (unpaired) electrons. The van der Waals surface area contributed by atoms with Gasteiger partial charge in [0.05, 0.1) is 22.8 Å². The van der Waals surface area contributed by atoms with Crippen LogP contribution in [-0.4, -0.2) is 16.1 Å². The number of nitriles is 1. The number of amides is 1. The van der Waals surface area contributed by atoms with E-state index in [-0.39, 0.29) is 28.5 Å². The number of hydrogen-bond acceptors (Lipinski definition) is 5. The summed E-state index contributed by atoms with van der Waals surface area (Å²) >= 11 is 3.37. The second kappa shape index (κ2) is 6.02. The standard InChI is InChI=1S/C16H9BrN4O2/c17-11-5-1-3-9(7-11)15-20-21-16(23-15)13-10(8-18)4-2-6-12(13)14(19)22/h1-7H,(H2,19,22). The maximum absolute atomic E-state index is 11.6. The zero-order valence-corrected chi connectivity index (χ0v) is 13.2. The Balaban J connectivity index is 2.15. The normalized spacial score (nSPS) is 10.3. The summed E-state index contributed by atoms with van der Waals surface area (Å²) in [5.74, 6) is -0.310. The van der Waals surface area contributed by atoms with E-state index < -0.39 is 5.91 Å². The Morgan fingerprint density at radius 1 is 1.17 bits per heavy atom. The van der Waals surface area contributed by atoms with Crippen molar-refractivity contribution in [3.63, 3.8) is 0 Å². The van der Waals surface area contributed by atoms with Gasteiger partial charge >= 0.3 is 0 Å². The van der Waals surface area contributed by atoms with Gasteiger partial charge < -0.3 is 10.2 Å². The lowest BCUT2D eigenvalue weighted by Gasteiger charge is -2.04. The van der Waals surface area contributed by atoms with Crippen molar-refractivity contribution in [3.05, 3.63) is 58.1 Å². The van der Waals surface area contributed by atoms with Crippen LogP contribution in [0.5, 0.6) is 0 Å². The molecule has 0 atom stereocenters. The molecule has 0 bridgehead atoms. The molecule has 1 heterocycles. The van der Waals surface area contributed by atoms with E-state index in [4.69, 9.17) is 10.2 Å². The Morgan fingerprint density at radius 3 is 2.61 bits per heavy atom. The number of benzene rings is 2. The number of primary amides is 1. The van der Waals surface area contributed by atoms with Crippen molar-refractivity contribution in [1.82, 2.24) is 10.2 Å². The lowest BCUT2D eigenvalue weighted by Crippen LogP contribution is -2.13. The summed E-state index contributed by atoms with van der Waals surface area (Å²) < 4.78 is 6.51. The number of hydrogen-bond donors (Lipinski definition) is 1. The number of carbonyl (C=O) groups excluding carboxylic acids is 1. The van der Waals surface area contributed by atoms with Gasteiger partial charge in [0.1, 0.15) is 0 Å². The van der Waals surface area contributed by atoms with Crippen LogP contribution in [0.3, 0.4) is 0 Å². The van der Waals surface area contributed by atoms with E-state index in [0.717, 1.165) is 4.47 Å². The number of nitrogens with zero attached hydrogens (tertiary/aromatic N) is 3. The van der Waals surface area contributed by atoms with E-state index in [1.165, 1.54) is 6.07 Å². The van der Waals surface area contributed by atoms with Crippen LogP contribution in [-0.2, 0) is 0 Å². The van der Waals surface area contributed by atoms with Crippen LogP contribution in [0.15, 0.2) is 51.4 Å². The van der Waals surface area contributed by atoms with Crippen LogP contribution in [0.4, 0.5) is 0 Å². The summed E-state index contributed by atoms with van der Waals surface area (Å²) in [5, 5.41) is 17.2. The number of nitrogens with two attached hydrogens (primary N) is 1.